The Labute approximate surface area is 133 Å². The molecule has 1 aliphatic rings. The third-order valence-corrected chi connectivity index (χ3v) is 3.70. The first-order valence-corrected chi connectivity index (χ1v) is 7.45. The molecule has 0 spiro atoms. The Balaban J connectivity index is 1.94. The van der Waals surface area contributed by atoms with Crippen molar-refractivity contribution >= 4 is 17.3 Å². The zero-order chi connectivity index (χ0) is 16.4. The van der Waals surface area contributed by atoms with E-state index >= 15 is 0 Å². The third kappa shape index (κ3) is 3.49. The Morgan fingerprint density at radius 1 is 1.22 bits per heavy atom. The van der Waals surface area contributed by atoms with Gasteiger partial charge in [-0.2, -0.15) is 5.26 Å². The monoisotopic (exact) mass is 309 g/mol. The van der Waals surface area contributed by atoms with Crippen LogP contribution in [-0.4, -0.2) is 11.9 Å². The second kappa shape index (κ2) is 6.09. The second-order valence-electron chi connectivity index (χ2n) is 5.73. The van der Waals surface area contributed by atoms with Crippen LogP contribution in [0.25, 0.3) is 0 Å². The lowest BCUT2D eigenvalue weighted by Gasteiger charge is -2.13. The summed E-state index contributed by atoms with van der Waals surface area (Å²) in [5.74, 6) is -0.618. The summed E-state index contributed by atoms with van der Waals surface area (Å²) in [6.45, 7) is 1.80. The zero-order valence-electron chi connectivity index (χ0n) is 12.7. The van der Waals surface area contributed by atoms with Gasteiger partial charge in [0.05, 0.1) is 28.6 Å². The predicted octanol–water partition coefficient (Wildman–Crippen LogP) is 3.64. The SMILES string of the molecule is Cc1ccc(Nc2cc(C#N)ccc2C(=O)NC2CC2)c(F)c1. The van der Waals surface area contributed by atoms with Gasteiger partial charge in [-0.15, -0.1) is 0 Å². The molecule has 2 aromatic rings. The van der Waals surface area contributed by atoms with E-state index in [1.165, 1.54) is 6.07 Å². The molecule has 5 heteroatoms. The number of nitriles is 1. The van der Waals surface area contributed by atoms with Crippen molar-refractivity contribution in [1.29, 1.82) is 5.26 Å². The van der Waals surface area contributed by atoms with Crippen molar-refractivity contribution in [2.24, 2.45) is 0 Å². The highest BCUT2D eigenvalue weighted by molar-refractivity contribution is 6.00. The van der Waals surface area contributed by atoms with Gasteiger partial charge in [-0.1, -0.05) is 6.07 Å². The Hall–Kier alpha value is -2.87. The fraction of sp³-hybridized carbons (Fsp3) is 0.222. The van der Waals surface area contributed by atoms with Crippen LogP contribution in [0.1, 0.15) is 34.3 Å². The van der Waals surface area contributed by atoms with Crippen molar-refractivity contribution in [2.75, 3.05) is 5.32 Å². The smallest absolute Gasteiger partial charge is 0.253 e. The molecule has 0 saturated heterocycles. The summed E-state index contributed by atoms with van der Waals surface area (Å²) >= 11 is 0. The molecule has 0 radical (unpaired) electrons. The van der Waals surface area contributed by atoms with Gasteiger partial charge in [-0.05, 0) is 55.7 Å². The van der Waals surface area contributed by atoms with Crippen molar-refractivity contribution in [3.05, 3.63) is 58.9 Å². The molecule has 1 aliphatic carbocycles. The molecule has 0 aliphatic heterocycles. The maximum absolute atomic E-state index is 14.0. The van der Waals surface area contributed by atoms with E-state index in [4.69, 9.17) is 5.26 Å². The molecular weight excluding hydrogens is 293 g/mol. The Bertz CT molecular complexity index is 806. The molecule has 0 bridgehead atoms. The summed E-state index contributed by atoms with van der Waals surface area (Å²) in [4.78, 5) is 12.3. The number of nitrogens with zero attached hydrogens (tertiary/aromatic N) is 1. The van der Waals surface area contributed by atoms with Gasteiger partial charge < -0.3 is 10.6 Å². The summed E-state index contributed by atoms with van der Waals surface area (Å²) < 4.78 is 14.0. The minimum absolute atomic E-state index is 0.216. The quantitative estimate of drug-likeness (QED) is 0.906. The molecule has 0 heterocycles. The first-order chi connectivity index (χ1) is 11.1. The van der Waals surface area contributed by atoms with E-state index in [0.717, 1.165) is 18.4 Å². The normalized spacial score (nSPS) is 13.3. The molecule has 116 valence electrons. The van der Waals surface area contributed by atoms with E-state index in [1.54, 1.807) is 37.3 Å². The van der Waals surface area contributed by atoms with Gasteiger partial charge >= 0.3 is 0 Å². The van der Waals surface area contributed by atoms with Crippen LogP contribution in [0.5, 0.6) is 0 Å². The van der Waals surface area contributed by atoms with Gasteiger partial charge in [0.25, 0.3) is 5.91 Å². The molecule has 0 aromatic heterocycles. The standard InChI is InChI=1S/C18H16FN3O/c1-11-2-7-16(15(19)8-11)22-17-9-12(10-20)3-6-14(17)18(23)21-13-4-5-13/h2-3,6-9,13,22H,4-5H2,1H3,(H,21,23). The van der Waals surface area contributed by atoms with Crippen LogP contribution in [0.4, 0.5) is 15.8 Å². The molecule has 0 atom stereocenters. The molecule has 2 aromatic carbocycles. The first kappa shape index (κ1) is 15.0. The molecular formula is C18H16FN3O. The maximum Gasteiger partial charge on any atom is 0.253 e. The van der Waals surface area contributed by atoms with Crippen LogP contribution < -0.4 is 10.6 Å². The molecule has 1 amide bonds. The van der Waals surface area contributed by atoms with Gasteiger partial charge in [0, 0.05) is 6.04 Å². The second-order valence-corrected chi connectivity index (χ2v) is 5.73. The number of nitrogens with one attached hydrogen (secondary N) is 2. The Morgan fingerprint density at radius 2 is 2.00 bits per heavy atom. The Morgan fingerprint density at radius 3 is 2.65 bits per heavy atom. The number of carbonyl (C=O) groups is 1. The predicted molar refractivity (Wildman–Crippen MR) is 86.1 cm³/mol. The van der Waals surface area contributed by atoms with Crippen LogP contribution in [0.3, 0.4) is 0 Å². The van der Waals surface area contributed by atoms with Gasteiger partial charge in [0.1, 0.15) is 5.82 Å². The summed E-state index contributed by atoms with van der Waals surface area (Å²) in [6, 6.07) is 11.8. The maximum atomic E-state index is 14.0. The highest BCUT2D eigenvalue weighted by Crippen LogP contribution is 2.26. The van der Waals surface area contributed by atoms with Crippen molar-refractivity contribution in [1.82, 2.24) is 5.32 Å². The molecule has 1 fully saturated rings. The van der Waals surface area contributed by atoms with Crippen LogP contribution in [0.15, 0.2) is 36.4 Å². The van der Waals surface area contributed by atoms with Crippen molar-refractivity contribution in [3.63, 3.8) is 0 Å². The lowest BCUT2D eigenvalue weighted by molar-refractivity contribution is 0.0952. The average Bonchev–Trinajstić information content (AvgIpc) is 3.33. The summed E-state index contributed by atoms with van der Waals surface area (Å²) in [5, 5.41) is 14.9. The number of rotatable bonds is 4. The molecule has 3 rings (SSSR count). The number of aryl methyl sites for hydroxylation is 1. The number of halogens is 1. The molecule has 2 N–H and O–H groups in total. The number of anilines is 2. The van der Waals surface area contributed by atoms with Crippen LogP contribution in [0, 0.1) is 24.1 Å². The van der Waals surface area contributed by atoms with Crippen molar-refractivity contribution in [2.45, 2.75) is 25.8 Å². The molecule has 1 saturated carbocycles. The van der Waals surface area contributed by atoms with Crippen molar-refractivity contribution in [3.8, 4) is 6.07 Å². The largest absolute Gasteiger partial charge is 0.352 e. The minimum Gasteiger partial charge on any atom is -0.352 e. The van der Waals surface area contributed by atoms with Crippen molar-refractivity contribution < 1.29 is 9.18 Å². The molecule has 4 nitrogen and oxygen atoms in total. The number of amides is 1. The van der Waals surface area contributed by atoms with Crippen LogP contribution in [-0.2, 0) is 0 Å². The van der Waals surface area contributed by atoms with Gasteiger partial charge in [0.15, 0.2) is 0 Å². The first-order valence-electron chi connectivity index (χ1n) is 7.45. The van der Waals surface area contributed by atoms with E-state index in [2.05, 4.69) is 10.6 Å². The van der Waals surface area contributed by atoms with Gasteiger partial charge in [-0.3, -0.25) is 4.79 Å². The van der Waals surface area contributed by atoms with Crippen LogP contribution in [0.2, 0.25) is 0 Å². The number of benzene rings is 2. The van der Waals surface area contributed by atoms with E-state index in [9.17, 15) is 9.18 Å². The van der Waals surface area contributed by atoms with E-state index < -0.39 is 5.82 Å². The van der Waals surface area contributed by atoms with Crippen LogP contribution >= 0.6 is 0 Å². The fourth-order valence-corrected chi connectivity index (χ4v) is 2.27. The van der Waals surface area contributed by atoms with E-state index in [0.29, 0.717) is 16.8 Å². The summed E-state index contributed by atoms with van der Waals surface area (Å²) in [7, 11) is 0. The lowest BCUT2D eigenvalue weighted by Crippen LogP contribution is -2.26. The fourth-order valence-electron chi connectivity index (χ4n) is 2.27. The molecule has 0 unspecified atom stereocenters. The topological polar surface area (TPSA) is 64.9 Å². The summed E-state index contributed by atoms with van der Waals surface area (Å²) in [6.07, 6.45) is 1.97. The molecule has 23 heavy (non-hydrogen) atoms. The highest BCUT2D eigenvalue weighted by Gasteiger charge is 2.25. The highest BCUT2D eigenvalue weighted by atomic mass is 19.1. The van der Waals surface area contributed by atoms with Gasteiger partial charge in [0.2, 0.25) is 0 Å². The minimum atomic E-state index is -0.402. The summed E-state index contributed by atoms with van der Waals surface area (Å²) in [5.41, 5.74) is 2.31. The number of hydrogen-bond acceptors (Lipinski definition) is 3. The zero-order valence-corrected chi connectivity index (χ0v) is 12.7. The Kier molecular flexibility index (Phi) is 3.98. The van der Waals surface area contributed by atoms with Gasteiger partial charge in [-0.25, -0.2) is 4.39 Å². The number of hydrogen-bond donors (Lipinski definition) is 2. The third-order valence-electron chi connectivity index (χ3n) is 3.70. The average molecular weight is 309 g/mol. The van der Waals surface area contributed by atoms with E-state index in [1.807, 2.05) is 6.07 Å². The number of carbonyl (C=O) groups excluding carboxylic acids is 1. The van der Waals surface area contributed by atoms with E-state index in [-0.39, 0.29) is 17.6 Å². The lowest BCUT2D eigenvalue weighted by atomic mass is 10.1.